The Kier molecular flexibility index (Phi) is 15.3. The molecule has 16 heteroatoms. The van der Waals surface area contributed by atoms with Crippen molar-refractivity contribution in [3.63, 3.8) is 0 Å². The summed E-state index contributed by atoms with van der Waals surface area (Å²) in [4.78, 5) is 0. The second-order valence-electron chi connectivity index (χ2n) is 11.2. The Morgan fingerprint density at radius 2 is 1.07 bits per heavy atom. The number of aliphatic hydroxyl groups excluding tert-OH is 9. The number of hydrogen-bond donors (Lipinski definition) is 9. The van der Waals surface area contributed by atoms with Gasteiger partial charge >= 0.3 is 0 Å². The molecule has 254 valence electrons. The highest BCUT2D eigenvalue weighted by Gasteiger charge is 2.52. The van der Waals surface area contributed by atoms with E-state index in [2.05, 4.69) is 6.92 Å². The van der Waals surface area contributed by atoms with Gasteiger partial charge in [-0.15, -0.1) is 0 Å². The van der Waals surface area contributed by atoms with Crippen LogP contribution in [0, 0.1) is 0 Å². The smallest absolute Gasteiger partial charge is 0.187 e. The van der Waals surface area contributed by atoms with E-state index in [1.807, 2.05) is 0 Å². The fourth-order valence-corrected chi connectivity index (χ4v) is 5.41. The summed E-state index contributed by atoms with van der Waals surface area (Å²) < 4.78 is 39.0. The molecule has 0 radical (unpaired) electrons. The average molecular weight is 631 g/mol. The molecule has 3 saturated heterocycles. The second-order valence-corrected chi connectivity index (χ2v) is 11.2. The molecule has 9 N–H and O–H groups in total. The average Bonchev–Trinajstić information content (AvgIpc) is 3.00. The number of methoxy groups -OCH3 is 1. The minimum Gasteiger partial charge on any atom is -0.394 e. The lowest BCUT2D eigenvalue weighted by Gasteiger charge is -2.46. The Labute approximate surface area is 250 Å². The zero-order valence-corrected chi connectivity index (χ0v) is 24.6. The maximum atomic E-state index is 11.1. The molecule has 0 unspecified atom stereocenters. The van der Waals surface area contributed by atoms with Crippen molar-refractivity contribution >= 4 is 0 Å². The van der Waals surface area contributed by atoms with Crippen molar-refractivity contribution in [2.75, 3.05) is 33.5 Å². The van der Waals surface area contributed by atoms with E-state index in [1.165, 1.54) is 7.11 Å². The predicted molar refractivity (Wildman–Crippen MR) is 143 cm³/mol. The van der Waals surface area contributed by atoms with E-state index in [1.54, 1.807) is 0 Å². The highest BCUT2D eigenvalue weighted by atomic mass is 16.7. The third kappa shape index (κ3) is 9.22. The molecule has 0 aromatic rings. The molecule has 0 saturated carbocycles. The molecule has 0 bridgehead atoms. The molecule has 0 aromatic heterocycles. The zero-order chi connectivity index (χ0) is 31.7. The Morgan fingerprint density at radius 3 is 1.72 bits per heavy atom. The topological polar surface area (TPSA) is 247 Å². The fraction of sp³-hybridized carbons (Fsp3) is 1.00. The summed E-state index contributed by atoms with van der Waals surface area (Å²) in [5.74, 6) is 0. The van der Waals surface area contributed by atoms with Crippen molar-refractivity contribution in [1.82, 2.24) is 0 Å². The van der Waals surface area contributed by atoms with Gasteiger partial charge in [-0.2, -0.15) is 0 Å². The van der Waals surface area contributed by atoms with Crippen molar-refractivity contribution in [1.29, 1.82) is 0 Å². The molecule has 3 aliphatic rings. The van der Waals surface area contributed by atoms with Crippen molar-refractivity contribution < 1.29 is 79.1 Å². The quantitative estimate of drug-likeness (QED) is 0.0750. The Hall–Kier alpha value is -0.640. The number of ether oxygens (including phenoxy) is 7. The van der Waals surface area contributed by atoms with Gasteiger partial charge in [-0.05, 0) is 6.42 Å². The predicted octanol–water partition coefficient (Wildman–Crippen LogP) is -3.53. The van der Waals surface area contributed by atoms with Crippen LogP contribution in [0.4, 0.5) is 0 Å². The van der Waals surface area contributed by atoms with E-state index in [4.69, 9.17) is 33.2 Å². The summed E-state index contributed by atoms with van der Waals surface area (Å²) in [6.07, 6.45) is -16.1. The highest BCUT2D eigenvalue weighted by molar-refractivity contribution is 4.95. The number of rotatable bonds is 16. The van der Waals surface area contributed by atoms with Gasteiger partial charge in [-0.1, -0.05) is 39.0 Å². The van der Waals surface area contributed by atoms with Gasteiger partial charge in [0.25, 0.3) is 0 Å². The molecule has 3 heterocycles. The number of unbranched alkanes of at least 4 members (excludes halogenated alkanes) is 5. The van der Waals surface area contributed by atoms with Crippen molar-refractivity contribution in [2.24, 2.45) is 0 Å². The lowest BCUT2D eigenvalue weighted by Crippen LogP contribution is -2.65. The van der Waals surface area contributed by atoms with Crippen molar-refractivity contribution in [2.45, 2.75) is 138 Å². The minimum absolute atomic E-state index is 0.209. The van der Waals surface area contributed by atoms with Crippen molar-refractivity contribution in [3.05, 3.63) is 0 Å². The molecule has 43 heavy (non-hydrogen) atoms. The number of aliphatic hydroxyl groups is 9. The van der Waals surface area contributed by atoms with Crippen LogP contribution in [0.2, 0.25) is 0 Å². The van der Waals surface area contributed by atoms with Crippen LogP contribution in [0.5, 0.6) is 0 Å². The second kappa shape index (κ2) is 17.9. The summed E-state index contributed by atoms with van der Waals surface area (Å²) in [7, 11) is 1.26. The Morgan fingerprint density at radius 1 is 0.535 bits per heavy atom. The van der Waals surface area contributed by atoms with Crippen LogP contribution in [0.15, 0.2) is 0 Å². The summed E-state index contributed by atoms with van der Waals surface area (Å²) >= 11 is 0. The Balaban J connectivity index is 1.71. The third-order valence-corrected chi connectivity index (χ3v) is 8.08. The van der Waals surface area contributed by atoms with Crippen LogP contribution in [0.1, 0.15) is 45.4 Å². The molecule has 15 atom stereocenters. The number of hydrogen-bond acceptors (Lipinski definition) is 16. The molecular weight excluding hydrogens is 580 g/mol. The minimum atomic E-state index is -1.80. The van der Waals surface area contributed by atoms with E-state index in [0.29, 0.717) is 6.42 Å². The van der Waals surface area contributed by atoms with E-state index in [-0.39, 0.29) is 6.61 Å². The third-order valence-electron chi connectivity index (χ3n) is 8.08. The molecule has 3 aliphatic heterocycles. The fourth-order valence-electron chi connectivity index (χ4n) is 5.41. The molecule has 3 rings (SSSR count). The van der Waals surface area contributed by atoms with E-state index in [9.17, 15) is 46.0 Å². The largest absolute Gasteiger partial charge is 0.394 e. The molecular formula is C27H50O16. The van der Waals surface area contributed by atoms with Gasteiger partial charge in [0.05, 0.1) is 19.8 Å². The zero-order valence-electron chi connectivity index (χ0n) is 24.6. The monoisotopic (exact) mass is 630 g/mol. The molecule has 0 aromatic carbocycles. The SMILES string of the molecule is CCCCCCCCO[C@@H]1O[C@H](CO[C@H]2O[C@H](CO)[C@@H](O)[C@H](OC)[C@@H]2O)[C@@H](O)[C@H](O[C@H]2O[C@H](CO)[C@@H](O)[C@H](O)[C@@H]2O)[C@@H]1O. The van der Waals surface area contributed by atoms with E-state index in [0.717, 1.165) is 32.1 Å². The molecule has 0 spiro atoms. The van der Waals surface area contributed by atoms with Gasteiger partial charge in [0.2, 0.25) is 0 Å². The van der Waals surface area contributed by atoms with Gasteiger partial charge < -0.3 is 79.1 Å². The Bertz CT molecular complexity index is 777. The molecule has 3 fully saturated rings. The highest BCUT2D eigenvalue weighted by Crippen LogP contribution is 2.31. The molecule has 0 aliphatic carbocycles. The lowest BCUT2D eigenvalue weighted by atomic mass is 9.96. The van der Waals surface area contributed by atoms with Crippen LogP contribution in [0.25, 0.3) is 0 Å². The first-order valence-corrected chi connectivity index (χ1v) is 15.0. The molecule has 16 nitrogen and oxygen atoms in total. The van der Waals surface area contributed by atoms with Crippen LogP contribution < -0.4 is 0 Å². The first-order valence-electron chi connectivity index (χ1n) is 15.0. The summed E-state index contributed by atoms with van der Waals surface area (Å²) in [6.45, 7) is 0.574. The standard InChI is InChI=1S/C27H50O16/c1-3-4-5-6-7-8-9-38-25-22(36)24(43-27-20(34)19(33)16(30)13(10-28)41-27)18(32)15(42-25)12-39-26-21(35)23(37-2)17(31)14(11-29)40-26/h13-36H,3-12H2,1-2H3/t13-,14-,15-,16-,17-,18-,19+,20+,21+,22+,23+,24+,25-,26+,27-/m1/s1. The first-order chi connectivity index (χ1) is 20.6. The van der Waals surface area contributed by atoms with Gasteiger partial charge in [-0.3, -0.25) is 0 Å². The summed E-state index contributed by atoms with van der Waals surface area (Å²) in [6, 6.07) is 0. The van der Waals surface area contributed by atoms with Gasteiger partial charge in [0, 0.05) is 13.7 Å². The van der Waals surface area contributed by atoms with Crippen LogP contribution >= 0.6 is 0 Å². The van der Waals surface area contributed by atoms with Crippen LogP contribution in [-0.4, -0.2) is 172 Å². The first kappa shape index (κ1) is 36.8. The normalized spacial score (nSPS) is 44.0. The van der Waals surface area contributed by atoms with Gasteiger partial charge in [-0.25, -0.2) is 0 Å². The van der Waals surface area contributed by atoms with Crippen molar-refractivity contribution in [3.8, 4) is 0 Å². The summed E-state index contributed by atoms with van der Waals surface area (Å²) in [5, 5.41) is 92.8. The summed E-state index contributed by atoms with van der Waals surface area (Å²) in [5.41, 5.74) is 0. The maximum absolute atomic E-state index is 11.1. The van der Waals surface area contributed by atoms with E-state index < -0.39 is 112 Å². The maximum Gasteiger partial charge on any atom is 0.187 e. The lowest BCUT2D eigenvalue weighted by molar-refractivity contribution is -0.366. The van der Waals surface area contributed by atoms with Crippen LogP contribution in [-0.2, 0) is 33.2 Å². The van der Waals surface area contributed by atoms with Crippen LogP contribution in [0.3, 0.4) is 0 Å². The van der Waals surface area contributed by atoms with Gasteiger partial charge in [0.1, 0.15) is 73.2 Å². The molecule has 0 amide bonds. The van der Waals surface area contributed by atoms with Gasteiger partial charge in [0.15, 0.2) is 18.9 Å². The van der Waals surface area contributed by atoms with E-state index >= 15 is 0 Å².